The molecule has 8 heteroatoms. The van der Waals surface area contributed by atoms with Crippen molar-refractivity contribution in [3.8, 4) is 0 Å². The molecule has 1 aromatic rings. The maximum absolute atomic E-state index is 12.7. The number of amides is 2. The van der Waals surface area contributed by atoms with Gasteiger partial charge in [0.05, 0.1) is 4.90 Å². The molecule has 3 rings (SSSR count). The Morgan fingerprint density at radius 1 is 0.935 bits per heavy atom. The second kappa shape index (κ2) is 11.6. The van der Waals surface area contributed by atoms with Crippen molar-refractivity contribution in [1.29, 1.82) is 0 Å². The molecule has 1 aromatic carbocycles. The van der Waals surface area contributed by atoms with Crippen LogP contribution in [0.1, 0.15) is 57.8 Å². The fraction of sp³-hybridized carbons (Fsp3) is 0.652. The molecule has 1 N–H and O–H groups in total. The van der Waals surface area contributed by atoms with Crippen LogP contribution in [0.5, 0.6) is 0 Å². The van der Waals surface area contributed by atoms with E-state index in [1.54, 1.807) is 35.2 Å². The summed E-state index contributed by atoms with van der Waals surface area (Å²) < 4.78 is 26.8. The summed E-state index contributed by atoms with van der Waals surface area (Å²) in [6.07, 6.45) is 9.21. The Labute approximate surface area is 186 Å². The van der Waals surface area contributed by atoms with E-state index in [0.717, 1.165) is 12.3 Å². The zero-order valence-corrected chi connectivity index (χ0v) is 19.1. The Morgan fingerprint density at radius 3 is 2.29 bits per heavy atom. The first kappa shape index (κ1) is 23.7. The van der Waals surface area contributed by atoms with Crippen LogP contribution in [0.3, 0.4) is 0 Å². The highest BCUT2D eigenvalue weighted by Crippen LogP contribution is 2.27. The van der Waals surface area contributed by atoms with Crippen molar-refractivity contribution in [3.05, 3.63) is 30.3 Å². The minimum atomic E-state index is -3.53. The lowest BCUT2D eigenvalue weighted by atomic mass is 9.86. The van der Waals surface area contributed by atoms with Gasteiger partial charge in [-0.05, 0) is 30.9 Å². The summed E-state index contributed by atoms with van der Waals surface area (Å²) in [5.41, 5.74) is 0. The van der Waals surface area contributed by atoms with E-state index in [-0.39, 0.29) is 42.6 Å². The molecule has 0 aromatic heterocycles. The number of benzene rings is 1. The van der Waals surface area contributed by atoms with Crippen molar-refractivity contribution in [3.63, 3.8) is 0 Å². The SMILES string of the molecule is O=C(CCC(=O)N1CCN(S(=O)(=O)c2ccccc2)CC1)NCCCC1CCCCC1. The van der Waals surface area contributed by atoms with E-state index >= 15 is 0 Å². The Balaban J connectivity index is 1.32. The number of nitrogens with one attached hydrogen (secondary N) is 1. The molecule has 1 heterocycles. The van der Waals surface area contributed by atoms with Gasteiger partial charge in [0.1, 0.15) is 0 Å². The number of nitrogens with zero attached hydrogens (tertiary/aromatic N) is 2. The fourth-order valence-corrected chi connectivity index (χ4v) is 5.92. The second-order valence-corrected chi connectivity index (χ2v) is 10.5. The predicted molar refractivity (Wildman–Crippen MR) is 120 cm³/mol. The molecule has 172 valence electrons. The van der Waals surface area contributed by atoms with Gasteiger partial charge in [-0.25, -0.2) is 8.42 Å². The number of carbonyl (C=O) groups excluding carboxylic acids is 2. The summed E-state index contributed by atoms with van der Waals surface area (Å²) in [6, 6.07) is 8.35. The van der Waals surface area contributed by atoms with Crippen LogP contribution in [0.15, 0.2) is 35.2 Å². The molecule has 0 spiro atoms. The summed E-state index contributed by atoms with van der Waals surface area (Å²) >= 11 is 0. The number of piperazine rings is 1. The van der Waals surface area contributed by atoms with E-state index in [9.17, 15) is 18.0 Å². The highest BCUT2D eigenvalue weighted by molar-refractivity contribution is 7.89. The monoisotopic (exact) mass is 449 g/mol. The van der Waals surface area contributed by atoms with Crippen molar-refractivity contribution < 1.29 is 18.0 Å². The minimum Gasteiger partial charge on any atom is -0.356 e. The topological polar surface area (TPSA) is 86.8 Å². The van der Waals surface area contributed by atoms with Gasteiger partial charge in [0, 0.05) is 45.6 Å². The van der Waals surface area contributed by atoms with Crippen LogP contribution < -0.4 is 5.32 Å². The summed E-state index contributed by atoms with van der Waals surface area (Å²) in [7, 11) is -3.53. The number of rotatable bonds is 9. The molecule has 2 fully saturated rings. The van der Waals surface area contributed by atoms with Crippen LogP contribution in [0, 0.1) is 5.92 Å². The summed E-state index contributed by atoms with van der Waals surface area (Å²) in [4.78, 5) is 26.4. The quantitative estimate of drug-likeness (QED) is 0.588. The normalized spacial score (nSPS) is 18.6. The molecule has 0 bridgehead atoms. The smallest absolute Gasteiger partial charge is 0.243 e. The number of carbonyl (C=O) groups is 2. The van der Waals surface area contributed by atoms with Crippen molar-refractivity contribution in [1.82, 2.24) is 14.5 Å². The van der Waals surface area contributed by atoms with Crippen LogP contribution >= 0.6 is 0 Å². The molecule has 0 atom stereocenters. The van der Waals surface area contributed by atoms with Gasteiger partial charge in [-0.3, -0.25) is 9.59 Å². The van der Waals surface area contributed by atoms with Gasteiger partial charge >= 0.3 is 0 Å². The lowest BCUT2D eigenvalue weighted by molar-refractivity contribution is -0.134. The molecule has 0 radical (unpaired) electrons. The van der Waals surface area contributed by atoms with E-state index in [1.165, 1.54) is 42.8 Å². The molecule has 2 amide bonds. The minimum absolute atomic E-state index is 0.0812. The third-order valence-corrected chi connectivity index (χ3v) is 8.29. The highest BCUT2D eigenvalue weighted by Gasteiger charge is 2.29. The molecule has 1 saturated carbocycles. The van der Waals surface area contributed by atoms with E-state index in [2.05, 4.69) is 5.32 Å². The predicted octanol–water partition coefficient (Wildman–Crippen LogP) is 2.78. The van der Waals surface area contributed by atoms with Crippen LogP contribution in [0.25, 0.3) is 0 Å². The maximum Gasteiger partial charge on any atom is 0.243 e. The first-order valence-electron chi connectivity index (χ1n) is 11.6. The van der Waals surface area contributed by atoms with Gasteiger partial charge in [-0.2, -0.15) is 4.31 Å². The molecule has 1 saturated heterocycles. The maximum atomic E-state index is 12.7. The third kappa shape index (κ3) is 7.04. The molecule has 7 nitrogen and oxygen atoms in total. The first-order chi connectivity index (χ1) is 15.0. The van der Waals surface area contributed by atoms with Crippen molar-refractivity contribution >= 4 is 21.8 Å². The Kier molecular flexibility index (Phi) is 8.90. The average Bonchev–Trinajstić information content (AvgIpc) is 2.81. The summed E-state index contributed by atoms with van der Waals surface area (Å²) in [5, 5.41) is 2.93. The molecule has 31 heavy (non-hydrogen) atoms. The van der Waals surface area contributed by atoms with Crippen molar-refractivity contribution in [2.45, 2.75) is 62.7 Å². The molecular formula is C23H35N3O4S. The molecule has 1 aliphatic heterocycles. The standard InChI is InChI=1S/C23H35N3O4S/c27-22(24-15-7-10-20-8-3-1-4-9-20)13-14-23(28)25-16-18-26(19-17-25)31(29,30)21-11-5-2-6-12-21/h2,5-6,11-12,20H,1,3-4,7-10,13-19H2,(H,24,27). The van der Waals surface area contributed by atoms with E-state index in [1.807, 2.05) is 0 Å². The van der Waals surface area contributed by atoms with Gasteiger partial charge in [0.25, 0.3) is 0 Å². The largest absolute Gasteiger partial charge is 0.356 e. The van der Waals surface area contributed by atoms with Crippen LogP contribution in [-0.4, -0.2) is 62.2 Å². The van der Waals surface area contributed by atoms with Gasteiger partial charge in [0.15, 0.2) is 0 Å². The lowest BCUT2D eigenvalue weighted by Gasteiger charge is -2.34. The lowest BCUT2D eigenvalue weighted by Crippen LogP contribution is -2.50. The highest BCUT2D eigenvalue weighted by atomic mass is 32.2. The van der Waals surface area contributed by atoms with E-state index in [0.29, 0.717) is 19.6 Å². The van der Waals surface area contributed by atoms with Gasteiger partial charge in [0.2, 0.25) is 21.8 Å². The zero-order valence-electron chi connectivity index (χ0n) is 18.3. The fourth-order valence-electron chi connectivity index (χ4n) is 4.48. The zero-order chi connectivity index (χ0) is 22.1. The Hall–Kier alpha value is -1.93. The second-order valence-electron chi connectivity index (χ2n) is 8.59. The average molecular weight is 450 g/mol. The van der Waals surface area contributed by atoms with Gasteiger partial charge < -0.3 is 10.2 Å². The van der Waals surface area contributed by atoms with Gasteiger partial charge in [-0.15, -0.1) is 0 Å². The van der Waals surface area contributed by atoms with E-state index in [4.69, 9.17) is 0 Å². The van der Waals surface area contributed by atoms with Crippen LogP contribution in [-0.2, 0) is 19.6 Å². The van der Waals surface area contributed by atoms with Gasteiger partial charge in [-0.1, -0.05) is 50.3 Å². The summed E-state index contributed by atoms with van der Waals surface area (Å²) in [6.45, 7) is 1.94. The molecule has 1 aliphatic carbocycles. The first-order valence-corrected chi connectivity index (χ1v) is 13.0. The van der Waals surface area contributed by atoms with E-state index < -0.39 is 10.0 Å². The number of hydrogen-bond acceptors (Lipinski definition) is 4. The molecular weight excluding hydrogens is 414 g/mol. The van der Waals surface area contributed by atoms with Crippen LogP contribution in [0.4, 0.5) is 0 Å². The van der Waals surface area contributed by atoms with Crippen LogP contribution in [0.2, 0.25) is 0 Å². The number of sulfonamides is 1. The van der Waals surface area contributed by atoms with Crippen molar-refractivity contribution in [2.24, 2.45) is 5.92 Å². The summed E-state index contributed by atoms with van der Waals surface area (Å²) in [5.74, 6) is 0.646. The molecule has 0 unspecified atom stereocenters. The number of hydrogen-bond donors (Lipinski definition) is 1. The third-order valence-electron chi connectivity index (χ3n) is 6.37. The van der Waals surface area contributed by atoms with Crippen molar-refractivity contribution in [2.75, 3.05) is 32.7 Å². The Morgan fingerprint density at radius 2 is 1.61 bits per heavy atom. The Bertz CT molecular complexity index is 814. The molecule has 2 aliphatic rings.